The average molecular weight is 381 g/mol. The molecule has 0 saturated carbocycles. The summed E-state index contributed by atoms with van der Waals surface area (Å²) in [5.41, 5.74) is 0. The third kappa shape index (κ3) is 8.18. The van der Waals surface area contributed by atoms with Crippen LogP contribution >= 0.6 is 0 Å². The first-order valence-electron chi connectivity index (χ1n) is 11.0. The van der Waals surface area contributed by atoms with Gasteiger partial charge >= 0.3 is 0 Å². The molecule has 27 heavy (non-hydrogen) atoms. The molecule has 0 bridgehead atoms. The second kappa shape index (κ2) is 12.3. The number of carbonyl (C=O) groups is 2. The highest BCUT2D eigenvalue weighted by molar-refractivity contribution is 5.76. The molecular weight excluding hydrogens is 340 g/mol. The van der Waals surface area contributed by atoms with Crippen LogP contribution in [0.5, 0.6) is 0 Å². The van der Waals surface area contributed by atoms with Gasteiger partial charge in [0, 0.05) is 39.5 Å². The van der Waals surface area contributed by atoms with Crippen molar-refractivity contribution < 1.29 is 9.59 Å². The fraction of sp³-hybridized carbons (Fsp3) is 0.905. The summed E-state index contributed by atoms with van der Waals surface area (Å²) in [6, 6.07) is 0. The monoisotopic (exact) mass is 380 g/mol. The Kier molecular flexibility index (Phi) is 10.1. The van der Waals surface area contributed by atoms with Crippen molar-refractivity contribution in [2.24, 2.45) is 11.8 Å². The predicted octanol–water partition coefficient (Wildman–Crippen LogP) is 1.85. The van der Waals surface area contributed by atoms with Gasteiger partial charge in [-0.05, 0) is 70.1 Å². The van der Waals surface area contributed by atoms with Crippen molar-refractivity contribution in [1.29, 1.82) is 0 Å². The number of hydrogen-bond acceptors (Lipinski definition) is 4. The molecular formula is C21H40N4O2. The van der Waals surface area contributed by atoms with Crippen molar-refractivity contribution in [3.8, 4) is 0 Å². The van der Waals surface area contributed by atoms with Crippen molar-refractivity contribution in [1.82, 2.24) is 20.4 Å². The second-order valence-corrected chi connectivity index (χ2v) is 8.23. The molecule has 0 spiro atoms. The lowest BCUT2D eigenvalue weighted by atomic mass is 9.79. The molecule has 2 amide bonds. The number of hydrogen-bond donors (Lipinski definition) is 2. The molecule has 2 heterocycles. The molecule has 0 atom stereocenters. The first-order chi connectivity index (χ1) is 13.1. The third-order valence-corrected chi connectivity index (χ3v) is 6.37. The van der Waals surface area contributed by atoms with Gasteiger partial charge in [0.15, 0.2) is 0 Å². The highest BCUT2D eigenvalue weighted by Crippen LogP contribution is 2.32. The quantitative estimate of drug-likeness (QED) is 0.568. The Morgan fingerprint density at radius 3 is 1.78 bits per heavy atom. The Morgan fingerprint density at radius 2 is 1.33 bits per heavy atom. The fourth-order valence-corrected chi connectivity index (χ4v) is 4.43. The molecule has 2 aliphatic heterocycles. The topological polar surface area (TPSA) is 64.7 Å². The largest absolute Gasteiger partial charge is 0.359 e. The first kappa shape index (κ1) is 22.2. The van der Waals surface area contributed by atoms with Crippen LogP contribution in [0.3, 0.4) is 0 Å². The van der Waals surface area contributed by atoms with Crippen molar-refractivity contribution in [2.75, 3.05) is 52.9 Å². The van der Waals surface area contributed by atoms with E-state index in [4.69, 9.17) is 0 Å². The Morgan fingerprint density at radius 1 is 0.852 bits per heavy atom. The van der Waals surface area contributed by atoms with E-state index < -0.39 is 0 Å². The van der Waals surface area contributed by atoms with Crippen LogP contribution in [-0.2, 0) is 9.59 Å². The van der Waals surface area contributed by atoms with Gasteiger partial charge in [0.05, 0.1) is 0 Å². The zero-order valence-corrected chi connectivity index (χ0v) is 17.5. The van der Waals surface area contributed by atoms with Gasteiger partial charge in [0.1, 0.15) is 0 Å². The van der Waals surface area contributed by atoms with Gasteiger partial charge in [-0.3, -0.25) is 9.59 Å². The van der Waals surface area contributed by atoms with Gasteiger partial charge in [-0.25, -0.2) is 0 Å². The second-order valence-electron chi connectivity index (χ2n) is 8.23. The number of rotatable bonds is 10. The van der Waals surface area contributed by atoms with Gasteiger partial charge in [0.2, 0.25) is 11.8 Å². The molecule has 0 aromatic carbocycles. The highest BCUT2D eigenvalue weighted by atomic mass is 16.2. The fourth-order valence-electron chi connectivity index (χ4n) is 4.43. The van der Waals surface area contributed by atoms with Crippen LogP contribution in [-0.4, -0.2) is 74.5 Å². The number of piperidine rings is 2. The standard InChI is InChI=1S/C21H40N4O2/c1-3-4-11-23-21(27)10-17-25-14-7-19(8-15-25)18-5-12-24(13-6-18)16-9-20(26)22-2/h18-19H,3-17H2,1-2H3,(H,22,26)(H,23,27). The van der Waals surface area contributed by atoms with E-state index in [9.17, 15) is 9.59 Å². The summed E-state index contributed by atoms with van der Waals surface area (Å²) in [6.45, 7) is 9.32. The summed E-state index contributed by atoms with van der Waals surface area (Å²) in [7, 11) is 1.71. The minimum atomic E-state index is 0.142. The molecule has 2 saturated heterocycles. The van der Waals surface area contributed by atoms with Gasteiger partial charge in [0.25, 0.3) is 0 Å². The van der Waals surface area contributed by atoms with E-state index in [1.165, 1.54) is 25.7 Å². The number of carbonyl (C=O) groups excluding carboxylic acids is 2. The summed E-state index contributed by atoms with van der Waals surface area (Å²) in [5.74, 6) is 2.04. The van der Waals surface area contributed by atoms with E-state index in [0.717, 1.165) is 70.5 Å². The van der Waals surface area contributed by atoms with E-state index in [1.54, 1.807) is 7.05 Å². The number of nitrogens with zero attached hydrogens (tertiary/aromatic N) is 2. The molecule has 156 valence electrons. The van der Waals surface area contributed by atoms with E-state index in [2.05, 4.69) is 27.4 Å². The predicted molar refractivity (Wildman–Crippen MR) is 110 cm³/mol. The van der Waals surface area contributed by atoms with Gasteiger partial charge in [-0.15, -0.1) is 0 Å². The summed E-state index contributed by atoms with van der Waals surface area (Å²) in [4.78, 5) is 28.1. The number of unbranched alkanes of at least 4 members (excludes halogenated alkanes) is 1. The van der Waals surface area contributed by atoms with Crippen LogP contribution in [0.15, 0.2) is 0 Å². The van der Waals surface area contributed by atoms with Crippen LogP contribution in [0.2, 0.25) is 0 Å². The maximum absolute atomic E-state index is 11.9. The zero-order valence-electron chi connectivity index (χ0n) is 17.5. The van der Waals surface area contributed by atoms with Crippen molar-refractivity contribution in [3.05, 3.63) is 0 Å². The number of nitrogens with one attached hydrogen (secondary N) is 2. The Balaban J connectivity index is 1.57. The number of amides is 2. The molecule has 0 aliphatic carbocycles. The summed E-state index contributed by atoms with van der Waals surface area (Å²) >= 11 is 0. The third-order valence-electron chi connectivity index (χ3n) is 6.37. The van der Waals surface area contributed by atoms with Crippen LogP contribution in [0.1, 0.15) is 58.3 Å². The maximum atomic E-state index is 11.9. The molecule has 0 aromatic heterocycles. The summed E-state index contributed by atoms with van der Waals surface area (Å²) in [5, 5.41) is 5.72. The van der Waals surface area contributed by atoms with Gasteiger partial charge in [-0.2, -0.15) is 0 Å². The maximum Gasteiger partial charge on any atom is 0.221 e. The summed E-state index contributed by atoms with van der Waals surface area (Å²) < 4.78 is 0. The Bertz CT molecular complexity index is 441. The van der Waals surface area contributed by atoms with E-state index in [-0.39, 0.29) is 11.8 Å². The SMILES string of the molecule is CCCCNC(=O)CCN1CCC(C2CCN(CCC(=O)NC)CC2)CC1. The molecule has 2 fully saturated rings. The zero-order chi connectivity index (χ0) is 19.5. The van der Waals surface area contributed by atoms with Crippen molar-refractivity contribution >= 4 is 11.8 Å². The molecule has 6 nitrogen and oxygen atoms in total. The van der Waals surface area contributed by atoms with E-state index in [1.807, 2.05) is 0 Å². The van der Waals surface area contributed by atoms with Gasteiger partial charge < -0.3 is 20.4 Å². The molecule has 2 N–H and O–H groups in total. The van der Waals surface area contributed by atoms with Crippen LogP contribution in [0.25, 0.3) is 0 Å². The van der Waals surface area contributed by atoms with Crippen molar-refractivity contribution in [3.63, 3.8) is 0 Å². The molecule has 6 heteroatoms. The molecule has 0 unspecified atom stereocenters. The van der Waals surface area contributed by atoms with Crippen LogP contribution < -0.4 is 10.6 Å². The Labute approximate surface area is 165 Å². The molecule has 2 aliphatic rings. The normalized spacial score (nSPS) is 20.5. The van der Waals surface area contributed by atoms with Crippen LogP contribution in [0.4, 0.5) is 0 Å². The Hall–Kier alpha value is -1.14. The number of likely N-dealkylation sites (tertiary alicyclic amines) is 2. The van der Waals surface area contributed by atoms with Gasteiger partial charge in [-0.1, -0.05) is 13.3 Å². The molecule has 0 aromatic rings. The highest BCUT2D eigenvalue weighted by Gasteiger charge is 2.29. The minimum absolute atomic E-state index is 0.142. The first-order valence-corrected chi connectivity index (χ1v) is 11.0. The molecule has 0 radical (unpaired) electrons. The van der Waals surface area contributed by atoms with Crippen molar-refractivity contribution in [2.45, 2.75) is 58.3 Å². The van der Waals surface area contributed by atoms with E-state index >= 15 is 0 Å². The lowest BCUT2D eigenvalue weighted by Crippen LogP contribution is -2.42. The van der Waals surface area contributed by atoms with Crippen LogP contribution in [0, 0.1) is 11.8 Å². The molecule has 2 rings (SSSR count). The minimum Gasteiger partial charge on any atom is -0.359 e. The smallest absolute Gasteiger partial charge is 0.221 e. The lowest BCUT2D eigenvalue weighted by molar-refractivity contribution is -0.122. The average Bonchev–Trinajstić information content (AvgIpc) is 2.71. The summed E-state index contributed by atoms with van der Waals surface area (Å²) in [6.07, 6.45) is 8.56. The lowest BCUT2D eigenvalue weighted by Gasteiger charge is -2.40. The van der Waals surface area contributed by atoms with E-state index in [0.29, 0.717) is 12.8 Å².